The number of piperazine rings is 1. The highest BCUT2D eigenvalue weighted by Gasteiger charge is 2.20. The molecule has 1 aromatic carbocycles. The third-order valence-corrected chi connectivity index (χ3v) is 5.12. The average Bonchev–Trinajstić information content (AvgIpc) is 3.08. The Balaban J connectivity index is 0.00000280. The predicted octanol–water partition coefficient (Wildman–Crippen LogP) is 3.27. The smallest absolute Gasteiger partial charge is 0.194 e. The number of aliphatic imine (C=N–C) groups is 1. The number of hydrogen-bond donors (Lipinski definition) is 1. The third-order valence-electron chi connectivity index (χ3n) is 4.63. The topological polar surface area (TPSA) is 66.1 Å². The van der Waals surface area contributed by atoms with Crippen molar-refractivity contribution < 1.29 is 9.26 Å². The molecule has 1 saturated heterocycles. The molecule has 28 heavy (non-hydrogen) atoms. The summed E-state index contributed by atoms with van der Waals surface area (Å²) in [4.78, 5) is 9.12. The number of ether oxygens (including phenoxy) is 1. The highest BCUT2D eigenvalue weighted by molar-refractivity contribution is 14.0. The fourth-order valence-corrected chi connectivity index (χ4v) is 3.64. The fraction of sp³-hybridized carbons (Fsp3) is 0.474. The maximum Gasteiger partial charge on any atom is 0.194 e. The summed E-state index contributed by atoms with van der Waals surface area (Å²) in [5.41, 5.74) is 2.08. The van der Waals surface area contributed by atoms with E-state index in [1.54, 1.807) is 7.11 Å². The molecule has 1 aromatic heterocycles. The second-order valence-corrected chi connectivity index (χ2v) is 7.46. The first-order chi connectivity index (χ1) is 13.1. The first kappa shape index (κ1) is 23.0. The Morgan fingerprint density at radius 3 is 2.64 bits per heavy atom. The zero-order chi connectivity index (χ0) is 19.2. The van der Waals surface area contributed by atoms with Gasteiger partial charge in [-0.15, -0.1) is 24.0 Å². The van der Waals surface area contributed by atoms with Crippen molar-refractivity contribution in [3.8, 4) is 5.75 Å². The first-order valence-corrected chi connectivity index (χ1v) is 9.81. The molecule has 2 aromatic rings. The van der Waals surface area contributed by atoms with Crippen molar-refractivity contribution in [2.75, 3.05) is 40.3 Å². The summed E-state index contributed by atoms with van der Waals surface area (Å²) in [5, 5.41) is 7.54. The van der Waals surface area contributed by atoms with Crippen LogP contribution in [0.5, 0.6) is 5.75 Å². The van der Waals surface area contributed by atoms with E-state index in [0.717, 1.165) is 65.9 Å². The summed E-state index contributed by atoms with van der Waals surface area (Å²) in [7, 11) is 3.52. The van der Waals surface area contributed by atoms with Crippen LogP contribution in [0.4, 0.5) is 0 Å². The molecule has 1 aliphatic heterocycles. The molecule has 0 saturated carbocycles. The van der Waals surface area contributed by atoms with Gasteiger partial charge in [0, 0.05) is 62.4 Å². The van der Waals surface area contributed by atoms with Gasteiger partial charge in [-0.1, -0.05) is 21.1 Å². The molecule has 1 N–H and O–H groups in total. The lowest BCUT2D eigenvalue weighted by molar-refractivity contribution is 0.169. The first-order valence-electron chi connectivity index (χ1n) is 9.01. The largest absolute Gasteiger partial charge is 0.496 e. The number of benzene rings is 1. The number of halogens is 2. The van der Waals surface area contributed by atoms with Gasteiger partial charge in [-0.25, -0.2) is 0 Å². The van der Waals surface area contributed by atoms with Crippen LogP contribution >= 0.6 is 39.9 Å². The summed E-state index contributed by atoms with van der Waals surface area (Å²) in [6, 6.07) is 8.01. The second kappa shape index (κ2) is 11.0. The van der Waals surface area contributed by atoms with Crippen LogP contribution in [-0.4, -0.2) is 61.3 Å². The molecule has 0 spiro atoms. The molecule has 1 fully saturated rings. The number of nitrogens with zero attached hydrogens (tertiary/aromatic N) is 4. The minimum Gasteiger partial charge on any atom is -0.496 e. The molecule has 0 aliphatic carbocycles. The Hall–Kier alpha value is -1.33. The van der Waals surface area contributed by atoms with E-state index in [2.05, 4.69) is 47.3 Å². The molecule has 154 valence electrons. The zero-order valence-electron chi connectivity index (χ0n) is 16.4. The second-order valence-electron chi connectivity index (χ2n) is 6.55. The maximum atomic E-state index is 5.45. The zero-order valence-corrected chi connectivity index (χ0v) is 20.4. The molecular formula is C19H27BrIN5O2. The molecular weight excluding hydrogens is 537 g/mol. The van der Waals surface area contributed by atoms with Gasteiger partial charge < -0.3 is 19.5 Å². The van der Waals surface area contributed by atoms with Gasteiger partial charge in [0.15, 0.2) is 5.96 Å². The molecule has 0 unspecified atom stereocenters. The number of aryl methyl sites for hydroxylation is 1. The Kier molecular flexibility index (Phi) is 9.03. The van der Waals surface area contributed by atoms with Crippen LogP contribution < -0.4 is 10.1 Å². The van der Waals surface area contributed by atoms with Gasteiger partial charge in [0.25, 0.3) is 0 Å². The van der Waals surface area contributed by atoms with Gasteiger partial charge in [0.2, 0.25) is 0 Å². The van der Waals surface area contributed by atoms with Crippen LogP contribution in [-0.2, 0) is 13.1 Å². The monoisotopic (exact) mass is 563 g/mol. The van der Waals surface area contributed by atoms with E-state index in [0.29, 0.717) is 6.54 Å². The minimum absolute atomic E-state index is 0. The Morgan fingerprint density at radius 1 is 1.29 bits per heavy atom. The van der Waals surface area contributed by atoms with Crippen molar-refractivity contribution in [3.05, 3.63) is 45.8 Å². The van der Waals surface area contributed by atoms with Crippen LogP contribution in [0.1, 0.15) is 17.0 Å². The predicted molar refractivity (Wildman–Crippen MR) is 124 cm³/mol. The lowest BCUT2D eigenvalue weighted by atomic mass is 10.2. The number of hydrogen-bond acceptors (Lipinski definition) is 5. The van der Waals surface area contributed by atoms with Crippen molar-refractivity contribution in [1.29, 1.82) is 0 Å². The molecule has 9 heteroatoms. The quantitative estimate of drug-likeness (QED) is 0.342. The number of aromatic nitrogens is 1. The molecule has 0 atom stereocenters. The van der Waals surface area contributed by atoms with Gasteiger partial charge in [-0.05, 0) is 25.1 Å². The summed E-state index contributed by atoms with van der Waals surface area (Å²) < 4.78 is 11.6. The van der Waals surface area contributed by atoms with E-state index in [1.165, 1.54) is 0 Å². The normalized spacial score (nSPS) is 15.3. The van der Waals surface area contributed by atoms with Gasteiger partial charge in [0.1, 0.15) is 11.5 Å². The molecule has 0 bridgehead atoms. The van der Waals surface area contributed by atoms with E-state index in [9.17, 15) is 0 Å². The fourth-order valence-electron chi connectivity index (χ4n) is 3.23. The molecule has 0 amide bonds. The highest BCUT2D eigenvalue weighted by atomic mass is 127. The SMILES string of the molecule is CN=C(NCc1cc(Br)ccc1OC)N1CCN(Cc2cc(C)on2)CC1.I. The lowest BCUT2D eigenvalue weighted by Gasteiger charge is -2.36. The van der Waals surface area contributed by atoms with E-state index in [4.69, 9.17) is 9.26 Å². The van der Waals surface area contributed by atoms with Gasteiger partial charge in [-0.2, -0.15) is 0 Å². The van der Waals surface area contributed by atoms with E-state index < -0.39 is 0 Å². The Bertz CT molecular complexity index is 790. The van der Waals surface area contributed by atoms with Crippen LogP contribution in [0.15, 0.2) is 38.3 Å². The summed E-state index contributed by atoms with van der Waals surface area (Å²) in [5.74, 6) is 2.64. The van der Waals surface area contributed by atoms with Gasteiger partial charge in [-0.3, -0.25) is 9.89 Å². The van der Waals surface area contributed by atoms with E-state index in [1.807, 2.05) is 32.2 Å². The van der Waals surface area contributed by atoms with Crippen molar-refractivity contribution in [3.63, 3.8) is 0 Å². The van der Waals surface area contributed by atoms with Crippen LogP contribution in [0, 0.1) is 6.92 Å². The number of methoxy groups -OCH3 is 1. The van der Waals surface area contributed by atoms with E-state index >= 15 is 0 Å². The Labute approximate surface area is 191 Å². The molecule has 0 radical (unpaired) electrons. The molecule has 7 nitrogen and oxygen atoms in total. The molecule has 2 heterocycles. The summed E-state index contributed by atoms with van der Waals surface area (Å²) in [6.45, 7) is 7.18. The van der Waals surface area contributed by atoms with Crippen LogP contribution in [0.25, 0.3) is 0 Å². The van der Waals surface area contributed by atoms with Crippen molar-refractivity contribution in [1.82, 2.24) is 20.3 Å². The number of rotatable bonds is 5. The maximum absolute atomic E-state index is 5.45. The standard InChI is InChI=1S/C19H26BrN5O2.HI/c1-14-10-17(23-27-14)13-24-6-8-25(9-7-24)19(21-2)22-12-15-11-16(20)4-5-18(15)26-3;/h4-5,10-11H,6-9,12-13H2,1-3H3,(H,21,22);1H. The average molecular weight is 564 g/mol. The summed E-state index contributed by atoms with van der Waals surface area (Å²) in [6.07, 6.45) is 0. The minimum atomic E-state index is 0. The van der Waals surface area contributed by atoms with Gasteiger partial charge >= 0.3 is 0 Å². The molecule has 3 rings (SSSR count). The van der Waals surface area contributed by atoms with Crippen molar-refractivity contribution in [2.24, 2.45) is 4.99 Å². The van der Waals surface area contributed by atoms with Crippen molar-refractivity contribution in [2.45, 2.75) is 20.0 Å². The van der Waals surface area contributed by atoms with Crippen LogP contribution in [0.2, 0.25) is 0 Å². The van der Waals surface area contributed by atoms with Crippen LogP contribution in [0.3, 0.4) is 0 Å². The highest BCUT2D eigenvalue weighted by Crippen LogP contribution is 2.22. The van der Waals surface area contributed by atoms with E-state index in [-0.39, 0.29) is 24.0 Å². The number of guanidine groups is 1. The summed E-state index contributed by atoms with van der Waals surface area (Å²) >= 11 is 3.52. The Morgan fingerprint density at radius 2 is 2.04 bits per heavy atom. The number of nitrogens with one attached hydrogen (secondary N) is 1. The molecule has 1 aliphatic rings. The lowest BCUT2D eigenvalue weighted by Crippen LogP contribution is -2.52. The third kappa shape index (κ3) is 6.08. The van der Waals surface area contributed by atoms with Gasteiger partial charge in [0.05, 0.1) is 12.8 Å². The van der Waals surface area contributed by atoms with Crippen molar-refractivity contribution >= 4 is 45.9 Å².